The maximum Gasteiger partial charge on any atom is 2.00 e. The third-order valence-corrected chi connectivity index (χ3v) is 8.76. The van der Waals surface area contributed by atoms with Crippen molar-refractivity contribution in [3.63, 3.8) is 0 Å². The first-order valence-electron chi connectivity index (χ1n) is 14.3. The first-order chi connectivity index (χ1) is 21.1. The molecule has 2 aliphatic heterocycles. The fraction of sp³-hybridized carbons (Fsp3) is 0.0857. The van der Waals surface area contributed by atoms with Gasteiger partial charge in [0.25, 0.3) is 0 Å². The number of rotatable bonds is 3. The fourth-order valence-corrected chi connectivity index (χ4v) is 6.57. The molecule has 0 fully saturated rings. The van der Waals surface area contributed by atoms with Gasteiger partial charge in [-0.1, -0.05) is 53.5 Å². The summed E-state index contributed by atoms with van der Waals surface area (Å²) in [5, 5.41) is 2.25. The van der Waals surface area contributed by atoms with Crippen molar-refractivity contribution in [2.24, 2.45) is 0 Å². The molecule has 0 spiro atoms. The Hall–Kier alpha value is -4.81. The number of para-hydroxylation sites is 3. The Bertz CT molecular complexity index is 2260. The topological polar surface area (TPSA) is 51.4 Å². The van der Waals surface area contributed by atoms with Crippen LogP contribution in [0.2, 0.25) is 0 Å². The van der Waals surface area contributed by atoms with Crippen LogP contribution < -0.4 is 14.4 Å². The van der Waals surface area contributed by atoms with Crippen LogP contribution >= 0.6 is 0 Å². The minimum Gasteiger partial charge on any atom is -0.503 e. The van der Waals surface area contributed by atoms with Gasteiger partial charge in [0, 0.05) is 52.8 Å². The van der Waals surface area contributed by atoms with Gasteiger partial charge < -0.3 is 23.4 Å². The fourth-order valence-electron chi connectivity index (χ4n) is 6.57. The predicted octanol–water partition coefficient (Wildman–Crippen LogP) is 7.48. The zero-order chi connectivity index (χ0) is 28.8. The summed E-state index contributed by atoms with van der Waals surface area (Å²) < 4.78 is 10.8. The zero-order valence-electron chi connectivity index (χ0n) is 24.2. The summed E-state index contributed by atoms with van der Waals surface area (Å²) in [5.74, 6) is 2.94. The summed E-state index contributed by atoms with van der Waals surface area (Å²) >= 11 is 0. The molecule has 44 heavy (non-hydrogen) atoms. The minimum atomic E-state index is -0.0285. The second-order valence-corrected chi connectivity index (χ2v) is 11.2. The number of hydrogen-bond donors (Lipinski definition) is 0. The maximum absolute atomic E-state index is 6.46. The van der Waals surface area contributed by atoms with E-state index in [0.717, 1.165) is 55.9 Å². The molecule has 7 nitrogen and oxygen atoms in total. The van der Waals surface area contributed by atoms with Crippen molar-refractivity contribution in [2.75, 3.05) is 16.7 Å². The summed E-state index contributed by atoms with van der Waals surface area (Å²) in [7, 11) is 2.09. The van der Waals surface area contributed by atoms with Gasteiger partial charge in [-0.2, -0.15) is 6.07 Å². The predicted molar refractivity (Wildman–Crippen MR) is 172 cm³/mol. The van der Waals surface area contributed by atoms with Crippen LogP contribution in [0.3, 0.4) is 0 Å². The van der Waals surface area contributed by atoms with Gasteiger partial charge in [-0.05, 0) is 67.4 Å². The molecule has 0 atom stereocenters. The Morgan fingerprint density at radius 3 is 2.41 bits per heavy atom. The van der Waals surface area contributed by atoms with Gasteiger partial charge in [-0.15, -0.1) is 23.6 Å². The van der Waals surface area contributed by atoms with Crippen molar-refractivity contribution >= 4 is 46.0 Å². The first kappa shape index (κ1) is 26.8. The van der Waals surface area contributed by atoms with Gasteiger partial charge in [-0.3, -0.25) is 4.98 Å². The number of pyridine rings is 1. The molecule has 0 amide bonds. The van der Waals surface area contributed by atoms with Crippen LogP contribution in [-0.4, -0.2) is 33.2 Å². The third-order valence-electron chi connectivity index (χ3n) is 8.76. The number of ether oxygens (including phenoxy) is 1. The summed E-state index contributed by atoms with van der Waals surface area (Å²) in [6, 6.07) is 34.3. The molecule has 0 saturated heterocycles. The quantitative estimate of drug-likeness (QED) is 0.139. The molecule has 0 unspecified atom stereocenters. The number of fused-ring (bicyclic) bond motifs is 11. The Morgan fingerprint density at radius 2 is 1.55 bits per heavy atom. The number of aromatic nitrogens is 4. The molecular formula is C35H25BN6OPt. The number of benzene rings is 4. The molecule has 7 aromatic rings. The van der Waals surface area contributed by atoms with Gasteiger partial charge in [-0.25, -0.2) is 4.98 Å². The largest absolute Gasteiger partial charge is 2.00 e. The van der Waals surface area contributed by atoms with Crippen molar-refractivity contribution in [1.29, 1.82) is 0 Å². The Balaban J connectivity index is 0.00000289. The smallest absolute Gasteiger partial charge is 0.503 e. The monoisotopic (exact) mass is 751 g/mol. The molecule has 9 heteroatoms. The molecule has 5 heterocycles. The Kier molecular flexibility index (Phi) is 6.01. The number of aryl methyl sites for hydroxylation is 2. The van der Waals surface area contributed by atoms with E-state index in [0.29, 0.717) is 11.5 Å². The van der Waals surface area contributed by atoms with Gasteiger partial charge >= 0.3 is 28.2 Å². The minimum absolute atomic E-state index is 0. The van der Waals surface area contributed by atoms with Gasteiger partial charge in [0.15, 0.2) is 0 Å². The van der Waals surface area contributed by atoms with Crippen LogP contribution in [0.5, 0.6) is 11.5 Å². The van der Waals surface area contributed by atoms with Crippen LogP contribution in [0.15, 0.2) is 97.5 Å². The Morgan fingerprint density at radius 1 is 0.773 bits per heavy atom. The second kappa shape index (κ2) is 9.86. The van der Waals surface area contributed by atoms with Crippen molar-refractivity contribution in [3.05, 3.63) is 121 Å². The summed E-state index contributed by atoms with van der Waals surface area (Å²) in [5.41, 5.74) is 8.64. The van der Waals surface area contributed by atoms with Crippen molar-refractivity contribution in [2.45, 2.75) is 13.8 Å². The number of imidazole rings is 1. The molecule has 0 radical (unpaired) electrons. The van der Waals surface area contributed by atoms with E-state index in [1.165, 1.54) is 11.3 Å². The molecular weight excluding hydrogens is 726 g/mol. The molecule has 0 aliphatic carbocycles. The van der Waals surface area contributed by atoms with Crippen molar-refractivity contribution < 1.29 is 25.8 Å². The number of anilines is 3. The van der Waals surface area contributed by atoms with E-state index < -0.39 is 0 Å². The van der Waals surface area contributed by atoms with E-state index in [1.54, 1.807) is 0 Å². The van der Waals surface area contributed by atoms with Crippen molar-refractivity contribution in [3.8, 4) is 28.7 Å². The molecule has 0 saturated carbocycles. The van der Waals surface area contributed by atoms with E-state index >= 15 is 0 Å². The molecule has 0 bridgehead atoms. The molecule has 214 valence electrons. The summed E-state index contributed by atoms with van der Waals surface area (Å²) in [4.78, 5) is 14.1. The average Bonchev–Trinajstić information content (AvgIpc) is 3.72. The van der Waals surface area contributed by atoms with Gasteiger partial charge in [0.05, 0.1) is 0 Å². The number of nitrogens with zero attached hydrogens (tertiary/aromatic N) is 6. The van der Waals surface area contributed by atoms with Crippen molar-refractivity contribution in [1.82, 2.24) is 19.0 Å². The molecule has 4 aromatic carbocycles. The third kappa shape index (κ3) is 3.74. The standard InChI is InChI=1S/C35H25BN6O.Pt/c1-22-18-34(38-21-23(22)2)41-29-9-5-4-8-26(29)27-14-12-25(20-33(27)41)43-24-13-15-30-28(19-24)35-37-16-17-40(35)36-39(3)31-10-6-7-11-32(31)42(30)36;/h4-18,21H,1-3H3;/q-2;+2. The maximum atomic E-state index is 6.46. The summed E-state index contributed by atoms with van der Waals surface area (Å²) in [6.45, 7) is 4.20. The van der Waals surface area contributed by atoms with E-state index in [2.05, 4.69) is 118 Å². The van der Waals surface area contributed by atoms with Crippen LogP contribution in [0.25, 0.3) is 39.0 Å². The van der Waals surface area contributed by atoms with Crippen LogP contribution in [0, 0.1) is 26.0 Å². The van der Waals surface area contributed by atoms with Gasteiger partial charge in [0.2, 0.25) is 0 Å². The molecule has 2 aliphatic rings. The van der Waals surface area contributed by atoms with E-state index in [-0.39, 0.29) is 28.2 Å². The van der Waals surface area contributed by atoms with E-state index in [4.69, 9.17) is 14.7 Å². The molecule has 9 rings (SSSR count). The first-order valence-corrected chi connectivity index (χ1v) is 14.3. The Labute approximate surface area is 269 Å². The van der Waals surface area contributed by atoms with E-state index in [9.17, 15) is 0 Å². The normalized spacial score (nSPS) is 13.0. The number of hydrogen-bond acceptors (Lipinski definition) is 5. The zero-order valence-corrected chi connectivity index (χ0v) is 26.5. The molecule has 3 aromatic heterocycles. The van der Waals surface area contributed by atoms with Crippen LogP contribution in [0.4, 0.5) is 17.1 Å². The van der Waals surface area contributed by atoms with E-state index in [1.807, 2.05) is 30.7 Å². The van der Waals surface area contributed by atoms with Crippen LogP contribution in [-0.2, 0) is 21.1 Å². The SMILES string of the molecule is Cc1cnc(-n2c3[c-]c(Oc4[c-]c5c(cc4)N4B(N(C)c6ccccc64)n4ccnc4-5)ccc3c3ccccc32)cc1C.[Pt+2]. The molecule has 0 N–H and O–H groups in total. The van der Waals surface area contributed by atoms with Gasteiger partial charge in [0.1, 0.15) is 5.82 Å². The van der Waals surface area contributed by atoms with Crippen LogP contribution in [0.1, 0.15) is 11.1 Å². The average molecular weight is 752 g/mol. The second-order valence-electron chi connectivity index (χ2n) is 11.2. The summed E-state index contributed by atoms with van der Waals surface area (Å²) in [6.07, 6.45) is 5.81.